The number of amides is 3. The van der Waals surface area contributed by atoms with Crippen LogP contribution in [0.3, 0.4) is 0 Å². The molecule has 0 spiro atoms. The van der Waals surface area contributed by atoms with Crippen LogP contribution in [0.4, 0.5) is 5.69 Å². The van der Waals surface area contributed by atoms with E-state index in [1.54, 1.807) is 4.68 Å². The number of primary amides is 1. The quantitative estimate of drug-likeness (QED) is 0.607. The molecule has 0 radical (unpaired) electrons. The van der Waals surface area contributed by atoms with Gasteiger partial charge in [0.2, 0.25) is 11.8 Å². The lowest BCUT2D eigenvalue weighted by molar-refractivity contribution is -0.132. The summed E-state index contributed by atoms with van der Waals surface area (Å²) in [7, 11) is 0. The van der Waals surface area contributed by atoms with Crippen LogP contribution in [0.1, 0.15) is 45.7 Å². The zero-order valence-electron chi connectivity index (χ0n) is 22.6. The third-order valence-corrected chi connectivity index (χ3v) is 8.33. The van der Waals surface area contributed by atoms with Gasteiger partial charge in [-0.2, -0.15) is 5.10 Å². The van der Waals surface area contributed by atoms with Gasteiger partial charge in [-0.15, -0.1) is 0 Å². The highest BCUT2D eigenvalue weighted by molar-refractivity contribution is 5.94. The van der Waals surface area contributed by atoms with Crippen molar-refractivity contribution in [1.82, 2.24) is 24.5 Å². The SMILES string of the molecule is Cc1cccc(N2CCN(C(=O)Cn3nc(C(=O)N4CCN(CC(N)=O)CC4)c4c3CCCC4)CC2)c1C. The molecule has 2 saturated heterocycles. The van der Waals surface area contributed by atoms with E-state index in [1.165, 1.54) is 16.8 Å². The molecule has 3 amide bonds. The Morgan fingerprint density at radius 2 is 1.55 bits per heavy atom. The van der Waals surface area contributed by atoms with E-state index in [2.05, 4.69) is 36.9 Å². The van der Waals surface area contributed by atoms with Crippen molar-refractivity contribution >= 4 is 23.4 Å². The first-order chi connectivity index (χ1) is 18.3. The number of fused-ring (bicyclic) bond motifs is 1. The average Bonchev–Trinajstić information content (AvgIpc) is 3.28. The second-order valence-electron chi connectivity index (χ2n) is 10.8. The average molecular weight is 522 g/mol. The zero-order chi connectivity index (χ0) is 26.8. The maximum absolute atomic E-state index is 13.5. The minimum atomic E-state index is -0.353. The number of benzene rings is 1. The third-order valence-electron chi connectivity index (χ3n) is 8.33. The van der Waals surface area contributed by atoms with E-state index < -0.39 is 0 Å². The fraction of sp³-hybridized carbons (Fsp3) is 0.571. The van der Waals surface area contributed by atoms with Crippen LogP contribution in [0.2, 0.25) is 0 Å². The fourth-order valence-corrected chi connectivity index (χ4v) is 5.96. The highest BCUT2D eigenvalue weighted by Gasteiger charge is 2.31. The molecule has 0 atom stereocenters. The maximum Gasteiger partial charge on any atom is 0.274 e. The molecule has 1 aliphatic carbocycles. The molecule has 204 valence electrons. The molecule has 3 heterocycles. The number of nitrogens with two attached hydrogens (primary N) is 1. The predicted molar refractivity (Wildman–Crippen MR) is 145 cm³/mol. The molecule has 10 heteroatoms. The van der Waals surface area contributed by atoms with Crippen LogP contribution in [-0.4, -0.2) is 101 Å². The van der Waals surface area contributed by atoms with E-state index >= 15 is 0 Å². The van der Waals surface area contributed by atoms with Crippen molar-refractivity contribution in [2.45, 2.75) is 46.1 Å². The Labute approximate surface area is 224 Å². The Hall–Kier alpha value is -3.40. The van der Waals surface area contributed by atoms with E-state index in [-0.39, 0.29) is 30.8 Å². The number of aryl methyl sites for hydroxylation is 1. The molecular formula is C28H39N7O3. The Balaban J connectivity index is 1.24. The van der Waals surface area contributed by atoms with Gasteiger partial charge >= 0.3 is 0 Å². The van der Waals surface area contributed by atoms with E-state index in [0.29, 0.717) is 45.0 Å². The van der Waals surface area contributed by atoms with E-state index in [1.807, 2.05) is 14.7 Å². The van der Waals surface area contributed by atoms with Gasteiger partial charge < -0.3 is 20.4 Å². The normalized spacial score (nSPS) is 18.4. The Bertz CT molecular complexity index is 1210. The topological polar surface area (TPSA) is 108 Å². The van der Waals surface area contributed by atoms with Crippen LogP contribution >= 0.6 is 0 Å². The fourth-order valence-electron chi connectivity index (χ4n) is 5.96. The zero-order valence-corrected chi connectivity index (χ0v) is 22.6. The number of aromatic nitrogens is 2. The summed E-state index contributed by atoms with van der Waals surface area (Å²) < 4.78 is 1.80. The maximum atomic E-state index is 13.5. The van der Waals surface area contributed by atoms with Gasteiger partial charge in [-0.1, -0.05) is 12.1 Å². The minimum absolute atomic E-state index is 0.0561. The van der Waals surface area contributed by atoms with Gasteiger partial charge in [0.05, 0.1) is 6.54 Å². The highest BCUT2D eigenvalue weighted by atomic mass is 16.2. The molecule has 0 saturated carbocycles. The van der Waals surface area contributed by atoms with Crippen LogP contribution in [0, 0.1) is 13.8 Å². The van der Waals surface area contributed by atoms with Gasteiger partial charge in [0.1, 0.15) is 6.54 Å². The smallest absolute Gasteiger partial charge is 0.274 e. The van der Waals surface area contributed by atoms with Crippen molar-refractivity contribution in [2.24, 2.45) is 5.73 Å². The molecule has 2 aromatic rings. The molecule has 1 aromatic carbocycles. The number of piperazine rings is 2. The molecule has 38 heavy (non-hydrogen) atoms. The summed E-state index contributed by atoms with van der Waals surface area (Å²) in [5.74, 6) is -0.371. The van der Waals surface area contributed by atoms with Crippen molar-refractivity contribution in [3.63, 3.8) is 0 Å². The number of hydrogen-bond donors (Lipinski definition) is 1. The Morgan fingerprint density at radius 3 is 2.26 bits per heavy atom. The number of rotatable bonds is 6. The first-order valence-corrected chi connectivity index (χ1v) is 13.8. The summed E-state index contributed by atoms with van der Waals surface area (Å²) in [6.45, 7) is 9.95. The Morgan fingerprint density at radius 1 is 0.868 bits per heavy atom. The molecule has 1 aromatic heterocycles. The van der Waals surface area contributed by atoms with Crippen molar-refractivity contribution in [3.8, 4) is 0 Å². The lowest BCUT2D eigenvalue weighted by atomic mass is 9.95. The second kappa shape index (κ2) is 11.1. The summed E-state index contributed by atoms with van der Waals surface area (Å²) in [4.78, 5) is 46.1. The minimum Gasteiger partial charge on any atom is -0.369 e. The second-order valence-corrected chi connectivity index (χ2v) is 10.8. The standard InChI is InChI=1S/C28H39N7O3/c1-20-6-5-9-23(21(20)2)32-14-16-33(17-15-32)26(37)19-35-24-8-4-3-7-22(24)27(30-35)28(38)34-12-10-31(11-13-34)18-25(29)36/h5-6,9H,3-4,7-8,10-19H2,1-2H3,(H2,29,36). The van der Waals surface area contributed by atoms with Gasteiger partial charge in [0.25, 0.3) is 5.91 Å². The van der Waals surface area contributed by atoms with Crippen LogP contribution in [0.25, 0.3) is 0 Å². The number of carbonyl (C=O) groups is 3. The van der Waals surface area contributed by atoms with Gasteiger partial charge in [-0.3, -0.25) is 24.0 Å². The predicted octanol–water partition coefficient (Wildman–Crippen LogP) is 0.971. The summed E-state index contributed by atoms with van der Waals surface area (Å²) in [5.41, 5.74) is 11.7. The summed E-state index contributed by atoms with van der Waals surface area (Å²) in [5, 5.41) is 4.73. The summed E-state index contributed by atoms with van der Waals surface area (Å²) in [6.07, 6.45) is 3.73. The number of hydrogen-bond acceptors (Lipinski definition) is 6. The van der Waals surface area contributed by atoms with Crippen LogP contribution in [0.5, 0.6) is 0 Å². The lowest BCUT2D eigenvalue weighted by Gasteiger charge is -2.37. The van der Waals surface area contributed by atoms with Crippen LogP contribution < -0.4 is 10.6 Å². The van der Waals surface area contributed by atoms with Gasteiger partial charge in [-0.25, -0.2) is 0 Å². The van der Waals surface area contributed by atoms with Crippen molar-refractivity contribution in [3.05, 3.63) is 46.3 Å². The molecule has 3 aliphatic rings. The molecule has 2 fully saturated rings. The lowest BCUT2D eigenvalue weighted by Crippen LogP contribution is -2.50. The summed E-state index contributed by atoms with van der Waals surface area (Å²) in [6, 6.07) is 6.38. The van der Waals surface area contributed by atoms with Crippen molar-refractivity contribution < 1.29 is 14.4 Å². The van der Waals surface area contributed by atoms with Crippen molar-refractivity contribution in [2.75, 3.05) is 63.8 Å². The third kappa shape index (κ3) is 5.41. The van der Waals surface area contributed by atoms with E-state index in [9.17, 15) is 14.4 Å². The summed E-state index contributed by atoms with van der Waals surface area (Å²) >= 11 is 0. The number of carbonyl (C=O) groups excluding carboxylic acids is 3. The monoisotopic (exact) mass is 521 g/mol. The molecule has 2 N–H and O–H groups in total. The van der Waals surface area contributed by atoms with Gasteiger partial charge in [0.15, 0.2) is 5.69 Å². The molecule has 0 unspecified atom stereocenters. The first-order valence-electron chi connectivity index (χ1n) is 13.8. The molecule has 5 rings (SSSR count). The number of nitrogens with zero attached hydrogens (tertiary/aromatic N) is 6. The first kappa shape index (κ1) is 26.2. The van der Waals surface area contributed by atoms with E-state index in [4.69, 9.17) is 10.8 Å². The molecule has 0 bridgehead atoms. The van der Waals surface area contributed by atoms with Crippen LogP contribution in [-0.2, 0) is 29.0 Å². The Kier molecular flexibility index (Phi) is 7.69. The van der Waals surface area contributed by atoms with Crippen LogP contribution in [0.15, 0.2) is 18.2 Å². The highest BCUT2D eigenvalue weighted by Crippen LogP contribution is 2.27. The molecule has 2 aliphatic heterocycles. The van der Waals surface area contributed by atoms with Crippen molar-refractivity contribution in [1.29, 1.82) is 0 Å². The molecule has 10 nitrogen and oxygen atoms in total. The number of anilines is 1. The molecular weight excluding hydrogens is 482 g/mol. The van der Waals surface area contributed by atoms with Gasteiger partial charge in [0, 0.05) is 69.3 Å². The van der Waals surface area contributed by atoms with E-state index in [0.717, 1.165) is 50.0 Å². The van der Waals surface area contributed by atoms with Gasteiger partial charge in [-0.05, 0) is 56.7 Å². The largest absolute Gasteiger partial charge is 0.369 e.